The molecule has 0 atom stereocenters. The Labute approximate surface area is 83.0 Å². The standard InChI is InChI=1S/C8H17NO3S/c1-2-12-8(11)9-4-7-13-6-3-5-10/h10H,2-7H2,1H3,(H,9,11). The third kappa shape index (κ3) is 9.49. The van der Waals surface area contributed by atoms with Gasteiger partial charge in [0.2, 0.25) is 0 Å². The Hall–Kier alpha value is -0.420. The molecule has 2 N–H and O–H groups in total. The topological polar surface area (TPSA) is 58.6 Å². The van der Waals surface area contributed by atoms with E-state index in [-0.39, 0.29) is 12.7 Å². The number of amides is 1. The molecule has 0 aliphatic rings. The Bertz CT molecular complexity index is 133. The van der Waals surface area contributed by atoms with E-state index >= 15 is 0 Å². The van der Waals surface area contributed by atoms with Gasteiger partial charge in [-0.25, -0.2) is 4.79 Å². The van der Waals surface area contributed by atoms with Crippen LogP contribution in [0.2, 0.25) is 0 Å². The van der Waals surface area contributed by atoms with Crippen LogP contribution in [-0.4, -0.2) is 42.5 Å². The van der Waals surface area contributed by atoms with Gasteiger partial charge in [-0.1, -0.05) is 0 Å². The average Bonchev–Trinajstić information content (AvgIpc) is 2.11. The van der Waals surface area contributed by atoms with Crippen molar-refractivity contribution in [1.82, 2.24) is 5.32 Å². The predicted molar refractivity (Wildman–Crippen MR) is 54.1 cm³/mol. The van der Waals surface area contributed by atoms with E-state index in [9.17, 15) is 4.79 Å². The van der Waals surface area contributed by atoms with Crippen LogP contribution < -0.4 is 5.32 Å². The van der Waals surface area contributed by atoms with Crippen LogP contribution in [0.4, 0.5) is 4.79 Å². The Morgan fingerprint density at radius 1 is 1.54 bits per heavy atom. The molecule has 0 heterocycles. The van der Waals surface area contributed by atoms with E-state index in [1.165, 1.54) is 0 Å². The zero-order valence-electron chi connectivity index (χ0n) is 7.91. The largest absolute Gasteiger partial charge is 0.450 e. The van der Waals surface area contributed by atoms with Crippen molar-refractivity contribution in [3.05, 3.63) is 0 Å². The molecule has 0 radical (unpaired) electrons. The summed E-state index contributed by atoms with van der Waals surface area (Å²) in [6.45, 7) is 3.03. The van der Waals surface area contributed by atoms with Crippen LogP contribution in [0, 0.1) is 0 Å². The van der Waals surface area contributed by atoms with Crippen LogP contribution in [0.25, 0.3) is 0 Å². The van der Waals surface area contributed by atoms with Crippen LogP contribution in [0.3, 0.4) is 0 Å². The summed E-state index contributed by atoms with van der Waals surface area (Å²) in [4.78, 5) is 10.7. The van der Waals surface area contributed by atoms with Crippen molar-refractivity contribution < 1.29 is 14.6 Å². The Balaban J connectivity index is 3.02. The number of carbonyl (C=O) groups is 1. The number of rotatable bonds is 7. The van der Waals surface area contributed by atoms with Crippen molar-refractivity contribution in [2.75, 3.05) is 31.3 Å². The van der Waals surface area contributed by atoms with Gasteiger partial charge in [0.15, 0.2) is 0 Å². The Morgan fingerprint density at radius 3 is 2.92 bits per heavy atom. The maximum absolute atomic E-state index is 10.7. The monoisotopic (exact) mass is 207 g/mol. The van der Waals surface area contributed by atoms with E-state index < -0.39 is 0 Å². The van der Waals surface area contributed by atoms with Crippen molar-refractivity contribution in [2.24, 2.45) is 0 Å². The number of aliphatic hydroxyl groups excluding tert-OH is 1. The lowest BCUT2D eigenvalue weighted by Gasteiger charge is -2.04. The highest BCUT2D eigenvalue weighted by Gasteiger charge is 1.97. The van der Waals surface area contributed by atoms with Crippen LogP contribution in [0.15, 0.2) is 0 Å². The smallest absolute Gasteiger partial charge is 0.407 e. The fourth-order valence-corrected chi connectivity index (χ4v) is 1.46. The van der Waals surface area contributed by atoms with E-state index in [1.54, 1.807) is 18.7 Å². The molecule has 78 valence electrons. The molecule has 0 aliphatic carbocycles. The van der Waals surface area contributed by atoms with E-state index in [4.69, 9.17) is 5.11 Å². The Morgan fingerprint density at radius 2 is 2.31 bits per heavy atom. The molecule has 0 spiro atoms. The fraction of sp³-hybridized carbons (Fsp3) is 0.875. The van der Waals surface area contributed by atoms with E-state index in [0.717, 1.165) is 17.9 Å². The zero-order valence-corrected chi connectivity index (χ0v) is 8.73. The molecule has 0 rings (SSSR count). The second kappa shape index (κ2) is 9.67. The fourth-order valence-electron chi connectivity index (χ4n) is 0.676. The molecule has 13 heavy (non-hydrogen) atoms. The number of hydrogen-bond acceptors (Lipinski definition) is 4. The van der Waals surface area contributed by atoms with Gasteiger partial charge in [0.25, 0.3) is 0 Å². The van der Waals surface area contributed by atoms with Crippen molar-refractivity contribution in [1.29, 1.82) is 0 Å². The predicted octanol–water partition coefficient (Wildman–Crippen LogP) is 0.848. The van der Waals surface area contributed by atoms with Crippen LogP contribution in [-0.2, 0) is 4.74 Å². The van der Waals surface area contributed by atoms with Gasteiger partial charge in [-0.2, -0.15) is 11.8 Å². The first-order valence-electron chi connectivity index (χ1n) is 4.40. The summed E-state index contributed by atoms with van der Waals surface area (Å²) in [5.74, 6) is 1.79. The molecule has 0 fully saturated rings. The average molecular weight is 207 g/mol. The van der Waals surface area contributed by atoms with Crippen molar-refractivity contribution in [3.63, 3.8) is 0 Å². The second-order valence-electron chi connectivity index (χ2n) is 2.34. The van der Waals surface area contributed by atoms with E-state index in [0.29, 0.717) is 13.2 Å². The molecule has 0 saturated heterocycles. The van der Waals surface area contributed by atoms with Crippen LogP contribution in [0.1, 0.15) is 13.3 Å². The summed E-state index contributed by atoms with van der Waals surface area (Å²) in [6, 6.07) is 0. The summed E-state index contributed by atoms with van der Waals surface area (Å²) in [5, 5.41) is 11.1. The number of aliphatic hydroxyl groups is 1. The van der Waals surface area contributed by atoms with Crippen LogP contribution in [0.5, 0.6) is 0 Å². The molecule has 0 saturated carbocycles. The second-order valence-corrected chi connectivity index (χ2v) is 3.56. The third-order valence-electron chi connectivity index (χ3n) is 1.24. The van der Waals surface area contributed by atoms with Gasteiger partial charge >= 0.3 is 6.09 Å². The lowest BCUT2D eigenvalue weighted by Crippen LogP contribution is -2.26. The van der Waals surface area contributed by atoms with Gasteiger partial charge in [0.1, 0.15) is 0 Å². The van der Waals surface area contributed by atoms with Gasteiger partial charge in [-0.15, -0.1) is 0 Å². The number of alkyl carbamates (subject to hydrolysis) is 1. The lowest BCUT2D eigenvalue weighted by molar-refractivity contribution is 0.153. The highest BCUT2D eigenvalue weighted by molar-refractivity contribution is 7.99. The summed E-state index contributed by atoms with van der Waals surface area (Å²) in [6.07, 6.45) is 0.453. The Kier molecular flexibility index (Phi) is 9.35. The molecular formula is C8H17NO3S. The first-order chi connectivity index (χ1) is 6.31. The molecule has 5 heteroatoms. The molecule has 0 aromatic carbocycles. The van der Waals surface area contributed by atoms with Gasteiger partial charge in [-0.05, 0) is 19.1 Å². The van der Waals surface area contributed by atoms with Crippen molar-refractivity contribution in [2.45, 2.75) is 13.3 Å². The van der Waals surface area contributed by atoms with Crippen molar-refractivity contribution in [3.8, 4) is 0 Å². The number of ether oxygens (including phenoxy) is 1. The minimum Gasteiger partial charge on any atom is -0.450 e. The highest BCUT2D eigenvalue weighted by atomic mass is 32.2. The minimum absolute atomic E-state index is 0.234. The summed E-state index contributed by atoms with van der Waals surface area (Å²) < 4.78 is 4.67. The zero-order chi connectivity index (χ0) is 9.94. The minimum atomic E-state index is -0.356. The first kappa shape index (κ1) is 12.6. The molecule has 0 unspecified atom stereocenters. The van der Waals surface area contributed by atoms with Gasteiger partial charge in [0.05, 0.1) is 6.61 Å². The SMILES string of the molecule is CCOC(=O)NCCSCCCO. The van der Waals surface area contributed by atoms with Crippen molar-refractivity contribution >= 4 is 17.9 Å². The summed E-state index contributed by atoms with van der Waals surface area (Å²) >= 11 is 1.71. The molecular weight excluding hydrogens is 190 g/mol. The quantitative estimate of drug-likeness (QED) is 0.608. The molecule has 1 amide bonds. The van der Waals surface area contributed by atoms with E-state index in [1.807, 2.05) is 0 Å². The third-order valence-corrected chi connectivity index (χ3v) is 2.31. The summed E-state index contributed by atoms with van der Waals surface area (Å²) in [7, 11) is 0. The summed E-state index contributed by atoms with van der Waals surface area (Å²) in [5.41, 5.74) is 0. The number of thioether (sulfide) groups is 1. The maximum Gasteiger partial charge on any atom is 0.407 e. The maximum atomic E-state index is 10.7. The highest BCUT2D eigenvalue weighted by Crippen LogP contribution is 1.99. The van der Waals surface area contributed by atoms with Gasteiger partial charge in [0, 0.05) is 18.9 Å². The van der Waals surface area contributed by atoms with Gasteiger partial charge < -0.3 is 15.2 Å². The first-order valence-corrected chi connectivity index (χ1v) is 5.56. The van der Waals surface area contributed by atoms with Gasteiger partial charge in [-0.3, -0.25) is 0 Å². The molecule has 0 aromatic heterocycles. The van der Waals surface area contributed by atoms with Crippen LogP contribution >= 0.6 is 11.8 Å². The number of nitrogens with one attached hydrogen (secondary N) is 1. The lowest BCUT2D eigenvalue weighted by atomic mass is 10.5. The molecule has 0 aliphatic heterocycles. The number of carbonyl (C=O) groups excluding carboxylic acids is 1. The molecule has 0 bridgehead atoms. The number of hydrogen-bond donors (Lipinski definition) is 2. The van der Waals surface area contributed by atoms with E-state index in [2.05, 4.69) is 10.1 Å². The molecule has 0 aromatic rings. The molecule has 4 nitrogen and oxygen atoms in total. The normalized spacial score (nSPS) is 9.69.